The predicted molar refractivity (Wildman–Crippen MR) is 36.1 cm³/mol. The Balaban J connectivity index is 2.34. The van der Waals surface area contributed by atoms with Crippen LogP contribution < -0.4 is 0 Å². The van der Waals surface area contributed by atoms with E-state index in [0.29, 0.717) is 0 Å². The van der Waals surface area contributed by atoms with Crippen LogP contribution in [0.25, 0.3) is 0 Å². The second-order valence-corrected chi connectivity index (χ2v) is 1.79. The number of carbonyl (C=O) groups excluding carboxylic acids is 2. The molecule has 0 radical (unpaired) electrons. The van der Waals surface area contributed by atoms with Gasteiger partial charge in [-0.25, -0.2) is 4.79 Å². The van der Waals surface area contributed by atoms with E-state index < -0.39 is 12.8 Å². The highest BCUT2D eigenvalue weighted by molar-refractivity contribution is 5.86. The summed E-state index contributed by atoms with van der Waals surface area (Å²) < 4.78 is 13.3. The first-order valence-electron chi connectivity index (χ1n) is 3.10. The maximum atomic E-state index is 10.9. The maximum absolute atomic E-state index is 10.9. The summed E-state index contributed by atoms with van der Waals surface area (Å²) in [6.45, 7) is -0.210. The third kappa shape index (κ3) is 2.12. The molecule has 5 heteroatoms. The minimum atomic E-state index is -0.665. The van der Waals surface area contributed by atoms with E-state index in [1.54, 1.807) is 6.07 Å². The molecule has 1 aromatic heterocycles. The van der Waals surface area contributed by atoms with E-state index in [1.807, 2.05) is 0 Å². The lowest BCUT2D eigenvalue weighted by Crippen LogP contribution is -2.06. The fraction of sp³-hybridized carbons (Fsp3) is 0.143. The van der Waals surface area contributed by atoms with E-state index in [1.165, 1.54) is 12.3 Å². The Bertz CT molecular complexity index is 251. The van der Waals surface area contributed by atoms with Crippen LogP contribution in [0.2, 0.25) is 0 Å². The molecule has 0 amide bonds. The van der Waals surface area contributed by atoms with Crippen molar-refractivity contribution in [2.45, 2.75) is 0 Å². The minimum absolute atomic E-state index is 0.0736. The summed E-state index contributed by atoms with van der Waals surface area (Å²) in [6, 6.07) is 3.00. The number of rotatable bonds is 4. The molecule has 0 unspecified atom stereocenters. The molecule has 0 fully saturated rings. The first-order chi connectivity index (χ1) is 5.84. The Morgan fingerprint density at radius 3 is 3.08 bits per heavy atom. The third-order valence-corrected chi connectivity index (χ3v) is 1.05. The van der Waals surface area contributed by atoms with Gasteiger partial charge in [-0.15, -0.1) is 0 Å². The third-order valence-electron chi connectivity index (χ3n) is 1.05. The van der Waals surface area contributed by atoms with Gasteiger partial charge in [0.1, 0.15) is 0 Å². The quantitative estimate of drug-likeness (QED) is 0.286. The first kappa shape index (κ1) is 8.32. The molecule has 12 heavy (non-hydrogen) atoms. The summed E-state index contributed by atoms with van der Waals surface area (Å²) in [6.07, 6.45) is 1.34. The van der Waals surface area contributed by atoms with E-state index in [0.717, 1.165) is 0 Å². The van der Waals surface area contributed by atoms with Gasteiger partial charge in [-0.1, -0.05) is 0 Å². The Morgan fingerprint density at radius 1 is 1.67 bits per heavy atom. The van der Waals surface area contributed by atoms with Crippen molar-refractivity contribution < 1.29 is 23.5 Å². The van der Waals surface area contributed by atoms with Crippen LogP contribution in [0.3, 0.4) is 0 Å². The highest BCUT2D eigenvalue weighted by Gasteiger charge is 2.08. The van der Waals surface area contributed by atoms with Gasteiger partial charge in [-0.2, -0.15) is 0 Å². The number of hydrogen-bond acceptors (Lipinski definition) is 5. The molecule has 0 spiro atoms. The van der Waals surface area contributed by atoms with E-state index in [2.05, 4.69) is 9.47 Å². The molecule has 0 aliphatic carbocycles. The lowest BCUT2D eigenvalue weighted by Gasteiger charge is -1.98. The van der Waals surface area contributed by atoms with E-state index in [4.69, 9.17) is 4.42 Å². The van der Waals surface area contributed by atoms with Crippen molar-refractivity contribution >= 4 is 12.4 Å². The van der Waals surface area contributed by atoms with Crippen LogP contribution in [0.15, 0.2) is 22.8 Å². The maximum Gasteiger partial charge on any atom is 0.377 e. The molecule has 0 bridgehead atoms. The highest BCUT2D eigenvalue weighted by atomic mass is 16.7. The zero-order valence-electron chi connectivity index (χ0n) is 6.06. The standard InChI is InChI=1S/C7H6O5/c8-4-10-5-12-7(9)6-2-1-3-11-6/h1-4H,5H2. The van der Waals surface area contributed by atoms with E-state index in [-0.39, 0.29) is 12.2 Å². The van der Waals surface area contributed by atoms with Gasteiger partial charge < -0.3 is 13.9 Å². The van der Waals surface area contributed by atoms with Gasteiger partial charge in [-0.3, -0.25) is 4.79 Å². The predicted octanol–water partition coefficient (Wildman–Crippen LogP) is 0.567. The van der Waals surface area contributed by atoms with E-state index >= 15 is 0 Å². The fourth-order valence-electron chi connectivity index (χ4n) is 0.581. The van der Waals surface area contributed by atoms with Crippen molar-refractivity contribution in [2.75, 3.05) is 6.79 Å². The molecule has 5 nitrogen and oxygen atoms in total. The summed E-state index contributed by atoms with van der Waals surface area (Å²) in [5.74, 6) is -0.591. The largest absolute Gasteiger partial charge is 0.457 e. The molecule has 0 aromatic carbocycles. The van der Waals surface area contributed by atoms with Gasteiger partial charge in [0, 0.05) is 0 Å². The first-order valence-corrected chi connectivity index (χ1v) is 3.10. The Kier molecular flexibility index (Phi) is 2.89. The molecule has 0 aliphatic rings. The molecule has 0 saturated heterocycles. The zero-order valence-corrected chi connectivity index (χ0v) is 6.06. The molecule has 0 N–H and O–H groups in total. The second kappa shape index (κ2) is 4.17. The number of carbonyl (C=O) groups is 2. The van der Waals surface area contributed by atoms with Crippen molar-refractivity contribution in [1.82, 2.24) is 0 Å². The molecule has 0 saturated carbocycles. The van der Waals surface area contributed by atoms with Gasteiger partial charge in [0.2, 0.25) is 12.6 Å². The van der Waals surface area contributed by atoms with Crippen LogP contribution in [-0.2, 0) is 14.3 Å². The summed E-state index contributed by atoms with van der Waals surface area (Å²) >= 11 is 0. The fourth-order valence-corrected chi connectivity index (χ4v) is 0.581. The van der Waals surface area contributed by atoms with Crippen LogP contribution in [-0.4, -0.2) is 19.2 Å². The van der Waals surface area contributed by atoms with Gasteiger partial charge in [-0.05, 0) is 12.1 Å². The SMILES string of the molecule is O=COCOC(=O)c1ccco1. The highest BCUT2D eigenvalue weighted by Crippen LogP contribution is 2.01. The van der Waals surface area contributed by atoms with Crippen LogP contribution >= 0.6 is 0 Å². The number of esters is 1. The molecule has 0 atom stereocenters. The van der Waals surface area contributed by atoms with E-state index in [9.17, 15) is 9.59 Å². The Labute approximate surface area is 67.9 Å². The summed E-state index contributed by atoms with van der Waals surface area (Å²) in [5, 5.41) is 0. The monoisotopic (exact) mass is 170 g/mol. The average molecular weight is 170 g/mol. The second-order valence-electron chi connectivity index (χ2n) is 1.79. The normalized spacial score (nSPS) is 9.00. The zero-order chi connectivity index (χ0) is 8.81. The van der Waals surface area contributed by atoms with Crippen LogP contribution in [0.5, 0.6) is 0 Å². The Morgan fingerprint density at radius 2 is 2.50 bits per heavy atom. The lowest BCUT2D eigenvalue weighted by atomic mass is 10.5. The molecule has 1 aromatic rings. The molecule has 1 rings (SSSR count). The number of ether oxygens (including phenoxy) is 2. The van der Waals surface area contributed by atoms with Gasteiger partial charge in [0.05, 0.1) is 6.26 Å². The van der Waals surface area contributed by atoms with Crippen molar-refractivity contribution in [3.05, 3.63) is 24.2 Å². The van der Waals surface area contributed by atoms with Crippen molar-refractivity contribution in [3.8, 4) is 0 Å². The molecule has 1 heterocycles. The molecule has 0 aliphatic heterocycles. The topological polar surface area (TPSA) is 65.7 Å². The average Bonchev–Trinajstić information content (AvgIpc) is 2.56. The van der Waals surface area contributed by atoms with Crippen LogP contribution in [0.1, 0.15) is 10.6 Å². The molecular formula is C7H6O5. The lowest BCUT2D eigenvalue weighted by molar-refractivity contribution is -0.136. The van der Waals surface area contributed by atoms with Crippen molar-refractivity contribution in [3.63, 3.8) is 0 Å². The Hall–Kier alpha value is -1.78. The smallest absolute Gasteiger partial charge is 0.377 e. The summed E-state index contributed by atoms with van der Waals surface area (Å²) in [7, 11) is 0. The van der Waals surface area contributed by atoms with Crippen LogP contribution in [0, 0.1) is 0 Å². The minimum Gasteiger partial charge on any atom is -0.457 e. The number of hydrogen-bond donors (Lipinski definition) is 0. The molecule has 64 valence electrons. The summed E-state index contributed by atoms with van der Waals surface area (Å²) in [5.41, 5.74) is 0. The number of furan rings is 1. The van der Waals surface area contributed by atoms with Crippen molar-refractivity contribution in [2.24, 2.45) is 0 Å². The van der Waals surface area contributed by atoms with Gasteiger partial charge in [0.25, 0.3) is 6.47 Å². The van der Waals surface area contributed by atoms with Crippen LogP contribution in [0.4, 0.5) is 0 Å². The van der Waals surface area contributed by atoms with Crippen molar-refractivity contribution in [1.29, 1.82) is 0 Å². The van der Waals surface area contributed by atoms with Gasteiger partial charge >= 0.3 is 5.97 Å². The summed E-state index contributed by atoms with van der Waals surface area (Å²) in [4.78, 5) is 20.5. The molecular weight excluding hydrogens is 164 g/mol. The van der Waals surface area contributed by atoms with Gasteiger partial charge in [0.15, 0.2) is 0 Å².